The maximum atomic E-state index is 12.8. The Labute approximate surface area is 184 Å². The summed E-state index contributed by atoms with van der Waals surface area (Å²) in [6, 6.07) is 14.2. The minimum atomic E-state index is -0.580. The zero-order valence-corrected chi connectivity index (χ0v) is 18.2. The molecule has 1 aromatic heterocycles. The first kappa shape index (κ1) is 20.8. The van der Waals surface area contributed by atoms with Gasteiger partial charge in [-0.2, -0.15) is 0 Å². The topological polar surface area (TPSA) is 65.5 Å². The average Bonchev–Trinajstić information content (AvgIpc) is 3.16. The van der Waals surface area contributed by atoms with Gasteiger partial charge in [-0.05, 0) is 43.3 Å². The van der Waals surface area contributed by atoms with Crippen molar-refractivity contribution < 1.29 is 9.59 Å². The number of aromatic nitrogens is 1. The van der Waals surface area contributed by atoms with E-state index in [1.807, 2.05) is 23.1 Å². The zero-order chi connectivity index (χ0) is 21.1. The van der Waals surface area contributed by atoms with Gasteiger partial charge in [0.15, 0.2) is 0 Å². The average molecular weight is 443 g/mol. The van der Waals surface area contributed by atoms with Crippen LogP contribution in [-0.2, 0) is 11.3 Å². The summed E-state index contributed by atoms with van der Waals surface area (Å²) in [4.78, 5) is 33.9. The van der Waals surface area contributed by atoms with Crippen molar-refractivity contribution in [2.24, 2.45) is 0 Å². The predicted molar refractivity (Wildman–Crippen MR) is 120 cm³/mol. The van der Waals surface area contributed by atoms with Crippen LogP contribution in [0.3, 0.4) is 0 Å². The van der Waals surface area contributed by atoms with Crippen molar-refractivity contribution in [2.75, 3.05) is 26.2 Å². The second kappa shape index (κ2) is 9.12. The molecular weight excluding hydrogens is 420 g/mol. The SMILES string of the molecule is CC(NC(=O)c1ccc(Cl)cc1)C(=O)N1CCN(Cc2nc3ccccc3s2)CC1. The lowest BCUT2D eigenvalue weighted by Crippen LogP contribution is -2.53. The van der Waals surface area contributed by atoms with Crippen LogP contribution < -0.4 is 5.32 Å². The Morgan fingerprint density at radius 1 is 1.10 bits per heavy atom. The van der Waals surface area contributed by atoms with E-state index in [-0.39, 0.29) is 11.8 Å². The van der Waals surface area contributed by atoms with E-state index in [2.05, 4.69) is 16.3 Å². The summed E-state index contributed by atoms with van der Waals surface area (Å²) in [6.45, 7) is 5.39. The van der Waals surface area contributed by atoms with Crippen LogP contribution in [0, 0.1) is 0 Å². The summed E-state index contributed by atoms with van der Waals surface area (Å²) in [7, 11) is 0. The van der Waals surface area contributed by atoms with E-state index >= 15 is 0 Å². The minimum absolute atomic E-state index is 0.0584. The molecule has 8 heteroatoms. The van der Waals surface area contributed by atoms with E-state index in [1.54, 1.807) is 42.5 Å². The quantitative estimate of drug-likeness (QED) is 0.657. The van der Waals surface area contributed by atoms with Crippen LogP contribution in [0.2, 0.25) is 5.02 Å². The van der Waals surface area contributed by atoms with Crippen molar-refractivity contribution in [1.29, 1.82) is 0 Å². The van der Waals surface area contributed by atoms with Gasteiger partial charge >= 0.3 is 0 Å². The van der Waals surface area contributed by atoms with Gasteiger partial charge < -0.3 is 10.2 Å². The Bertz CT molecular complexity index is 1010. The third kappa shape index (κ3) is 4.80. The largest absolute Gasteiger partial charge is 0.341 e. The van der Waals surface area contributed by atoms with Gasteiger partial charge in [0.25, 0.3) is 5.91 Å². The number of thiazole rings is 1. The third-order valence-electron chi connectivity index (χ3n) is 5.21. The molecule has 1 aliphatic rings. The van der Waals surface area contributed by atoms with E-state index in [4.69, 9.17) is 16.6 Å². The number of benzene rings is 2. The molecule has 0 saturated carbocycles. The molecule has 6 nitrogen and oxygen atoms in total. The highest BCUT2D eigenvalue weighted by atomic mass is 35.5. The van der Waals surface area contributed by atoms with Crippen molar-refractivity contribution >= 4 is 45.0 Å². The van der Waals surface area contributed by atoms with Crippen LogP contribution in [0.1, 0.15) is 22.3 Å². The number of carbonyl (C=O) groups excluding carboxylic acids is 2. The van der Waals surface area contributed by atoms with Crippen LogP contribution in [-0.4, -0.2) is 58.8 Å². The molecule has 3 aromatic rings. The van der Waals surface area contributed by atoms with Crippen LogP contribution in [0.15, 0.2) is 48.5 Å². The highest BCUT2D eigenvalue weighted by Gasteiger charge is 2.26. The molecule has 0 radical (unpaired) electrons. The van der Waals surface area contributed by atoms with Gasteiger partial charge in [0.2, 0.25) is 5.91 Å². The fourth-order valence-corrected chi connectivity index (χ4v) is 4.66. The molecule has 0 aliphatic carbocycles. The molecule has 1 aliphatic heterocycles. The number of fused-ring (bicyclic) bond motifs is 1. The zero-order valence-electron chi connectivity index (χ0n) is 16.7. The number of hydrogen-bond acceptors (Lipinski definition) is 5. The van der Waals surface area contributed by atoms with Crippen LogP contribution in [0.5, 0.6) is 0 Å². The Kier molecular flexibility index (Phi) is 6.32. The molecule has 1 unspecified atom stereocenters. The highest BCUT2D eigenvalue weighted by Crippen LogP contribution is 2.23. The number of piperazine rings is 1. The van der Waals surface area contributed by atoms with Gasteiger partial charge in [-0.1, -0.05) is 23.7 Å². The molecule has 30 heavy (non-hydrogen) atoms. The number of nitrogens with one attached hydrogen (secondary N) is 1. The van der Waals surface area contributed by atoms with E-state index in [0.717, 1.165) is 30.2 Å². The van der Waals surface area contributed by atoms with Crippen molar-refractivity contribution in [1.82, 2.24) is 20.1 Å². The molecule has 0 bridgehead atoms. The Morgan fingerprint density at radius 2 is 1.80 bits per heavy atom. The number of nitrogens with zero attached hydrogens (tertiary/aromatic N) is 3. The summed E-state index contributed by atoms with van der Waals surface area (Å²) in [5, 5.41) is 4.45. The second-order valence-electron chi connectivity index (χ2n) is 7.38. The smallest absolute Gasteiger partial charge is 0.251 e. The van der Waals surface area contributed by atoms with Gasteiger partial charge in [-0.3, -0.25) is 14.5 Å². The lowest BCUT2D eigenvalue weighted by molar-refractivity contribution is -0.134. The number of carbonyl (C=O) groups is 2. The molecule has 2 heterocycles. The second-order valence-corrected chi connectivity index (χ2v) is 8.93. The van der Waals surface area contributed by atoms with E-state index in [9.17, 15) is 9.59 Å². The maximum absolute atomic E-state index is 12.8. The van der Waals surface area contributed by atoms with Crippen molar-refractivity contribution in [3.05, 3.63) is 64.1 Å². The summed E-state index contributed by atoms with van der Waals surface area (Å²) >= 11 is 7.58. The standard InChI is InChI=1S/C22H23ClN4O2S/c1-15(24-21(28)16-6-8-17(23)9-7-16)22(29)27-12-10-26(11-13-27)14-20-25-18-4-2-3-5-19(18)30-20/h2-9,15H,10-14H2,1H3,(H,24,28). The monoisotopic (exact) mass is 442 g/mol. The fourth-order valence-electron chi connectivity index (χ4n) is 3.52. The Hall–Kier alpha value is -2.48. The Morgan fingerprint density at radius 3 is 2.50 bits per heavy atom. The van der Waals surface area contributed by atoms with Gasteiger partial charge in [-0.25, -0.2) is 4.98 Å². The fraction of sp³-hybridized carbons (Fsp3) is 0.318. The number of amides is 2. The van der Waals surface area contributed by atoms with E-state index in [1.165, 1.54) is 4.70 Å². The molecular formula is C22H23ClN4O2S. The van der Waals surface area contributed by atoms with Gasteiger partial charge in [0, 0.05) is 36.8 Å². The first-order chi connectivity index (χ1) is 14.5. The first-order valence-electron chi connectivity index (χ1n) is 9.91. The molecule has 2 aromatic carbocycles. The summed E-state index contributed by atoms with van der Waals surface area (Å²) in [6.07, 6.45) is 0. The molecule has 1 fully saturated rings. The van der Waals surface area contributed by atoms with Crippen molar-refractivity contribution in [3.8, 4) is 0 Å². The van der Waals surface area contributed by atoms with Gasteiger partial charge in [0.05, 0.1) is 16.8 Å². The van der Waals surface area contributed by atoms with Crippen LogP contribution >= 0.6 is 22.9 Å². The molecule has 156 valence electrons. The number of halogens is 1. The number of para-hydroxylation sites is 1. The molecule has 1 N–H and O–H groups in total. The maximum Gasteiger partial charge on any atom is 0.251 e. The molecule has 2 amide bonds. The highest BCUT2D eigenvalue weighted by molar-refractivity contribution is 7.18. The molecule has 1 atom stereocenters. The van der Waals surface area contributed by atoms with Crippen LogP contribution in [0.25, 0.3) is 10.2 Å². The molecule has 4 rings (SSSR count). The molecule has 0 spiro atoms. The minimum Gasteiger partial charge on any atom is -0.341 e. The molecule has 1 saturated heterocycles. The summed E-state index contributed by atoms with van der Waals surface area (Å²) in [5.41, 5.74) is 1.52. The number of hydrogen-bond donors (Lipinski definition) is 1. The predicted octanol–water partition coefficient (Wildman–Crippen LogP) is 3.41. The van der Waals surface area contributed by atoms with Gasteiger partial charge in [-0.15, -0.1) is 11.3 Å². The lowest BCUT2D eigenvalue weighted by atomic mass is 10.2. The van der Waals surface area contributed by atoms with E-state index in [0.29, 0.717) is 23.7 Å². The van der Waals surface area contributed by atoms with Crippen LogP contribution in [0.4, 0.5) is 0 Å². The first-order valence-corrected chi connectivity index (χ1v) is 11.1. The van der Waals surface area contributed by atoms with Gasteiger partial charge in [0.1, 0.15) is 11.0 Å². The number of rotatable bonds is 5. The van der Waals surface area contributed by atoms with E-state index < -0.39 is 6.04 Å². The lowest BCUT2D eigenvalue weighted by Gasteiger charge is -2.35. The Balaban J connectivity index is 1.28. The van der Waals surface area contributed by atoms with Crippen molar-refractivity contribution in [3.63, 3.8) is 0 Å². The third-order valence-corrected chi connectivity index (χ3v) is 6.48. The normalized spacial score (nSPS) is 15.9. The summed E-state index contributed by atoms with van der Waals surface area (Å²) in [5.74, 6) is -0.334. The summed E-state index contributed by atoms with van der Waals surface area (Å²) < 4.78 is 1.20. The van der Waals surface area contributed by atoms with Crippen molar-refractivity contribution in [2.45, 2.75) is 19.5 Å².